The summed E-state index contributed by atoms with van der Waals surface area (Å²) in [4.78, 5) is 32.7. The molecule has 2 amide bonds. The fourth-order valence-corrected chi connectivity index (χ4v) is 4.24. The minimum Gasteiger partial charge on any atom is -0.350 e. The summed E-state index contributed by atoms with van der Waals surface area (Å²) in [5, 5.41) is 8.46. The van der Waals surface area contributed by atoms with Gasteiger partial charge in [-0.3, -0.25) is 9.59 Å². The lowest BCUT2D eigenvalue weighted by Gasteiger charge is -2.30. The maximum Gasteiger partial charge on any atom is 0.421 e. The van der Waals surface area contributed by atoms with Gasteiger partial charge in [0.05, 0.1) is 11.4 Å². The van der Waals surface area contributed by atoms with Gasteiger partial charge in [0.1, 0.15) is 11.4 Å². The van der Waals surface area contributed by atoms with Gasteiger partial charge in [0.2, 0.25) is 18.3 Å². The molecule has 11 heteroatoms. The number of nitrogens with one attached hydrogen (secondary N) is 3. The number of amides is 2. The Kier molecular flexibility index (Phi) is 7.23. The van der Waals surface area contributed by atoms with Crippen LogP contribution < -0.4 is 16.0 Å². The van der Waals surface area contributed by atoms with E-state index >= 15 is 0 Å². The van der Waals surface area contributed by atoms with E-state index in [0.29, 0.717) is 24.7 Å². The quantitative estimate of drug-likeness (QED) is 0.369. The van der Waals surface area contributed by atoms with Crippen molar-refractivity contribution in [2.75, 3.05) is 29.0 Å². The number of rotatable bonds is 8. The van der Waals surface area contributed by atoms with Crippen molar-refractivity contribution in [3.63, 3.8) is 0 Å². The summed E-state index contributed by atoms with van der Waals surface area (Å²) in [6.45, 7) is 4.50. The van der Waals surface area contributed by atoms with Gasteiger partial charge >= 0.3 is 6.18 Å². The number of alkyl halides is 3. The second kappa shape index (κ2) is 10.3. The van der Waals surface area contributed by atoms with Gasteiger partial charge in [0.25, 0.3) is 0 Å². The molecule has 2 fully saturated rings. The summed E-state index contributed by atoms with van der Waals surface area (Å²) in [6, 6.07) is 5.09. The highest BCUT2D eigenvalue weighted by Crippen LogP contribution is 2.40. The molecule has 1 saturated heterocycles. The van der Waals surface area contributed by atoms with Crippen LogP contribution in [0.3, 0.4) is 0 Å². The number of hydrogen-bond donors (Lipinski definition) is 3. The Morgan fingerprint density at radius 3 is 2.63 bits per heavy atom. The van der Waals surface area contributed by atoms with Crippen LogP contribution in [0.5, 0.6) is 0 Å². The molecular formula is C24H27F3N6O2. The molecule has 1 atom stereocenters. The van der Waals surface area contributed by atoms with Gasteiger partial charge in [-0.15, -0.1) is 0 Å². The van der Waals surface area contributed by atoms with Crippen molar-refractivity contribution in [2.45, 2.75) is 50.2 Å². The van der Waals surface area contributed by atoms with E-state index in [1.807, 2.05) is 6.07 Å². The van der Waals surface area contributed by atoms with Crippen LogP contribution in [0.2, 0.25) is 0 Å². The van der Waals surface area contributed by atoms with Crippen molar-refractivity contribution in [3.05, 3.63) is 48.2 Å². The first-order valence-corrected chi connectivity index (χ1v) is 11.5. The van der Waals surface area contributed by atoms with E-state index in [0.717, 1.165) is 56.4 Å². The first-order valence-electron chi connectivity index (χ1n) is 11.5. The zero-order chi connectivity index (χ0) is 25.0. The first kappa shape index (κ1) is 24.5. The Morgan fingerprint density at radius 1 is 1.17 bits per heavy atom. The summed E-state index contributed by atoms with van der Waals surface area (Å²) in [7, 11) is 0. The van der Waals surface area contributed by atoms with Crippen molar-refractivity contribution in [1.82, 2.24) is 14.9 Å². The number of likely N-dealkylation sites (tertiary alicyclic amines) is 1. The van der Waals surface area contributed by atoms with Crippen LogP contribution >= 0.6 is 0 Å². The van der Waals surface area contributed by atoms with Crippen LogP contribution in [0.15, 0.2) is 37.1 Å². The summed E-state index contributed by atoms with van der Waals surface area (Å²) < 4.78 is 41.3. The van der Waals surface area contributed by atoms with Gasteiger partial charge in [-0.05, 0) is 55.4 Å². The number of anilines is 4. The molecular weight excluding hydrogens is 461 g/mol. The summed E-state index contributed by atoms with van der Waals surface area (Å²) in [5.74, 6) is -0.535. The zero-order valence-electron chi connectivity index (χ0n) is 19.1. The Labute approximate surface area is 201 Å². The molecule has 0 spiro atoms. The molecule has 4 rings (SSSR count). The van der Waals surface area contributed by atoms with Crippen molar-refractivity contribution in [2.24, 2.45) is 0 Å². The summed E-state index contributed by atoms with van der Waals surface area (Å²) in [6.07, 6.45) is 2.56. The van der Waals surface area contributed by atoms with Gasteiger partial charge in [-0.25, -0.2) is 4.98 Å². The Hall–Kier alpha value is -3.63. The van der Waals surface area contributed by atoms with Crippen molar-refractivity contribution >= 4 is 35.5 Å². The Morgan fingerprint density at radius 2 is 1.97 bits per heavy atom. The number of benzene rings is 1. The number of carbonyl (C=O) groups excluding carboxylic acids is 2. The second-order valence-electron chi connectivity index (χ2n) is 8.79. The molecule has 2 heterocycles. The third-order valence-corrected chi connectivity index (χ3v) is 6.35. The Balaban J connectivity index is 1.64. The molecule has 1 aromatic heterocycles. The van der Waals surface area contributed by atoms with Crippen LogP contribution in [-0.2, 0) is 15.8 Å². The third kappa shape index (κ3) is 5.90. The maximum atomic E-state index is 13.8. The van der Waals surface area contributed by atoms with Crippen molar-refractivity contribution in [1.29, 1.82) is 0 Å². The largest absolute Gasteiger partial charge is 0.421 e. The van der Waals surface area contributed by atoms with Gasteiger partial charge in [-0.1, -0.05) is 19.1 Å². The van der Waals surface area contributed by atoms with Crippen molar-refractivity contribution < 1.29 is 22.8 Å². The number of piperidine rings is 1. The van der Waals surface area contributed by atoms with E-state index < -0.39 is 23.5 Å². The number of hydrogen-bond acceptors (Lipinski definition) is 6. The van der Waals surface area contributed by atoms with Crippen LogP contribution in [0, 0.1) is 0 Å². The van der Waals surface area contributed by atoms with Crippen LogP contribution in [0.1, 0.15) is 49.1 Å². The van der Waals surface area contributed by atoms with Gasteiger partial charge in [0, 0.05) is 25.3 Å². The molecule has 2 aromatic rings. The van der Waals surface area contributed by atoms with E-state index in [9.17, 15) is 22.8 Å². The van der Waals surface area contributed by atoms with E-state index in [1.54, 1.807) is 17.0 Å². The lowest BCUT2D eigenvalue weighted by atomic mass is 9.80. The Bertz CT molecular complexity index is 1100. The molecule has 186 valence electrons. The lowest BCUT2D eigenvalue weighted by Crippen LogP contribution is -2.41. The van der Waals surface area contributed by atoms with E-state index in [-0.39, 0.29) is 17.7 Å². The van der Waals surface area contributed by atoms with Crippen molar-refractivity contribution in [3.8, 4) is 0 Å². The van der Waals surface area contributed by atoms with E-state index in [4.69, 9.17) is 0 Å². The fourth-order valence-electron chi connectivity index (χ4n) is 4.24. The van der Waals surface area contributed by atoms with E-state index in [1.165, 1.54) is 0 Å². The predicted molar refractivity (Wildman–Crippen MR) is 126 cm³/mol. The molecule has 0 radical (unpaired) electrons. The number of carbonyl (C=O) groups is 2. The lowest BCUT2D eigenvalue weighted by molar-refractivity contribution is -0.137. The molecule has 2 aliphatic rings. The predicted octanol–water partition coefficient (Wildman–Crippen LogP) is 4.66. The molecule has 1 aliphatic heterocycles. The van der Waals surface area contributed by atoms with Crippen LogP contribution in [0.4, 0.5) is 36.3 Å². The summed E-state index contributed by atoms with van der Waals surface area (Å²) >= 11 is 0. The minimum absolute atomic E-state index is 0.0148. The van der Waals surface area contributed by atoms with Crippen LogP contribution in [-0.4, -0.2) is 46.3 Å². The van der Waals surface area contributed by atoms with E-state index in [2.05, 4.69) is 32.5 Å². The maximum absolute atomic E-state index is 13.8. The highest BCUT2D eigenvalue weighted by molar-refractivity contribution is 6.01. The molecule has 0 unspecified atom stereocenters. The minimum atomic E-state index is -4.70. The molecule has 1 saturated carbocycles. The smallest absolute Gasteiger partial charge is 0.350 e. The topological polar surface area (TPSA) is 99.2 Å². The van der Waals surface area contributed by atoms with Gasteiger partial charge < -0.3 is 20.9 Å². The second-order valence-corrected chi connectivity index (χ2v) is 8.79. The molecule has 1 aliphatic carbocycles. The molecule has 35 heavy (non-hydrogen) atoms. The number of nitrogens with zero attached hydrogens (tertiary/aromatic N) is 3. The number of halogens is 3. The summed E-state index contributed by atoms with van der Waals surface area (Å²) in [5.41, 5.74) is 0.585. The normalized spacial score (nSPS) is 18.4. The molecule has 1 aromatic carbocycles. The fraction of sp³-hybridized carbons (Fsp3) is 0.417. The third-order valence-electron chi connectivity index (χ3n) is 6.35. The number of aromatic nitrogens is 2. The molecule has 0 bridgehead atoms. The SMILES string of the molecule is C=CC(=O)Nc1cc(C2CCC2)ccc1Nc1nc(N[C@H]2CCCN(C=O)C2)ncc1C(F)(F)F. The average molecular weight is 489 g/mol. The molecule has 8 nitrogen and oxygen atoms in total. The highest BCUT2D eigenvalue weighted by atomic mass is 19.4. The monoisotopic (exact) mass is 488 g/mol. The van der Waals surface area contributed by atoms with Crippen LogP contribution in [0.25, 0.3) is 0 Å². The molecule has 3 N–H and O–H groups in total. The first-order chi connectivity index (χ1) is 16.8. The zero-order valence-corrected chi connectivity index (χ0v) is 19.1. The average Bonchev–Trinajstić information content (AvgIpc) is 2.79. The van der Waals surface area contributed by atoms with Gasteiger partial charge in [0.15, 0.2) is 0 Å². The van der Waals surface area contributed by atoms with Gasteiger partial charge in [-0.2, -0.15) is 18.2 Å². The standard InChI is InChI=1S/C24H27F3N6O2/c1-2-21(35)30-20-11-16(15-5-3-6-15)8-9-19(20)31-22-18(24(25,26)27)12-28-23(32-22)29-17-7-4-10-33(13-17)14-34/h2,8-9,11-12,14-15,17H,1,3-7,10,13H2,(H,30,35)(H2,28,29,31,32)/t17-/m0/s1. The highest BCUT2D eigenvalue weighted by Gasteiger charge is 2.36.